The number of rotatable bonds is 2. The Bertz CT molecular complexity index is 707. The first kappa shape index (κ1) is 15.4. The largest absolute Gasteiger partial charge is 0.368 e. The monoisotopic (exact) mass is 323 g/mol. The molecular weight excluding hydrogens is 308 g/mol. The normalized spacial score (nSPS) is 23.4. The number of nitrogens with zero attached hydrogens (tertiary/aromatic N) is 1. The molecule has 2 aliphatic heterocycles. The van der Waals surface area contributed by atoms with E-state index in [1.54, 1.807) is 0 Å². The van der Waals surface area contributed by atoms with Gasteiger partial charge in [0.1, 0.15) is 18.0 Å². The molecule has 1 aromatic rings. The zero-order valence-corrected chi connectivity index (χ0v) is 12.1. The van der Waals surface area contributed by atoms with E-state index in [-0.39, 0.29) is 30.9 Å². The van der Waals surface area contributed by atoms with Gasteiger partial charge >= 0.3 is 0 Å². The highest BCUT2D eigenvalue weighted by molar-refractivity contribution is 6.00. The molecule has 2 atom stereocenters. The topological polar surface area (TPSA) is 92.5 Å². The van der Waals surface area contributed by atoms with E-state index in [2.05, 4.69) is 5.32 Å². The molecule has 0 aromatic heterocycles. The van der Waals surface area contributed by atoms with Crippen molar-refractivity contribution in [3.8, 4) is 0 Å². The van der Waals surface area contributed by atoms with Gasteiger partial charge in [-0.2, -0.15) is 0 Å². The number of hydrogen-bond donors (Lipinski definition) is 2. The van der Waals surface area contributed by atoms with Gasteiger partial charge in [0, 0.05) is 18.5 Å². The maximum absolute atomic E-state index is 14.2. The predicted molar refractivity (Wildman–Crippen MR) is 76.9 cm³/mol. The fourth-order valence-corrected chi connectivity index (χ4v) is 3.00. The molecule has 3 rings (SSSR count). The summed E-state index contributed by atoms with van der Waals surface area (Å²) in [6, 6.07) is 1.34. The van der Waals surface area contributed by atoms with Crippen LogP contribution in [0.1, 0.15) is 28.8 Å². The molecule has 2 heterocycles. The van der Waals surface area contributed by atoms with Crippen LogP contribution in [0.15, 0.2) is 12.1 Å². The highest BCUT2D eigenvalue weighted by Crippen LogP contribution is 2.29. The number of anilines is 1. The van der Waals surface area contributed by atoms with Gasteiger partial charge in [0.2, 0.25) is 11.8 Å². The Labute approximate surface area is 130 Å². The van der Waals surface area contributed by atoms with Crippen molar-refractivity contribution < 1.29 is 23.2 Å². The lowest BCUT2D eigenvalue weighted by Crippen LogP contribution is -2.44. The third-order valence-electron chi connectivity index (χ3n) is 4.16. The molecule has 6 nitrogen and oxygen atoms in total. The zero-order chi connectivity index (χ0) is 16.7. The number of carbonyl (C=O) groups excluding carboxylic acids is 3. The molecule has 1 fully saturated rings. The minimum Gasteiger partial charge on any atom is -0.368 e. The smallest absolute Gasteiger partial charge is 0.257 e. The van der Waals surface area contributed by atoms with E-state index < -0.39 is 29.8 Å². The van der Waals surface area contributed by atoms with Gasteiger partial charge < -0.3 is 16.0 Å². The van der Waals surface area contributed by atoms with Crippen LogP contribution in [-0.2, 0) is 16.0 Å². The van der Waals surface area contributed by atoms with Crippen LogP contribution in [0.2, 0.25) is 0 Å². The minimum absolute atomic E-state index is 0.177. The Balaban J connectivity index is 1.93. The van der Waals surface area contributed by atoms with E-state index >= 15 is 0 Å². The van der Waals surface area contributed by atoms with Crippen molar-refractivity contribution in [2.75, 3.05) is 11.9 Å². The second kappa shape index (κ2) is 5.60. The molecule has 1 saturated heterocycles. The third kappa shape index (κ3) is 2.76. The SMILES string of the molecule is NC(=O)[C@@H]1C[C@@H](F)CN1C(=O)c1cc2c(cc1F)NC(=O)CC2. The molecule has 1 aromatic carbocycles. The summed E-state index contributed by atoms with van der Waals surface area (Å²) in [5.74, 6) is -2.64. The number of benzene rings is 1. The van der Waals surface area contributed by atoms with Crippen LogP contribution in [0.4, 0.5) is 14.5 Å². The summed E-state index contributed by atoms with van der Waals surface area (Å²) in [7, 11) is 0. The minimum atomic E-state index is -1.36. The van der Waals surface area contributed by atoms with Gasteiger partial charge in [-0.05, 0) is 24.1 Å². The van der Waals surface area contributed by atoms with E-state index in [0.717, 1.165) is 11.0 Å². The Hall–Kier alpha value is -2.51. The van der Waals surface area contributed by atoms with Crippen molar-refractivity contribution in [1.29, 1.82) is 0 Å². The average molecular weight is 323 g/mol. The number of nitrogens with one attached hydrogen (secondary N) is 1. The maximum Gasteiger partial charge on any atom is 0.257 e. The fraction of sp³-hybridized carbons (Fsp3) is 0.400. The second-order valence-corrected chi connectivity index (χ2v) is 5.75. The van der Waals surface area contributed by atoms with Crippen molar-refractivity contribution in [2.45, 2.75) is 31.5 Å². The van der Waals surface area contributed by atoms with Gasteiger partial charge in [0.25, 0.3) is 5.91 Å². The van der Waals surface area contributed by atoms with E-state index in [1.807, 2.05) is 0 Å². The summed E-state index contributed by atoms with van der Waals surface area (Å²) >= 11 is 0. The van der Waals surface area contributed by atoms with Crippen LogP contribution in [0.5, 0.6) is 0 Å². The molecule has 0 spiro atoms. The molecule has 0 aliphatic carbocycles. The summed E-state index contributed by atoms with van der Waals surface area (Å²) in [6.07, 6.45) is -0.917. The lowest BCUT2D eigenvalue weighted by atomic mass is 9.99. The van der Waals surface area contributed by atoms with Crippen LogP contribution >= 0.6 is 0 Å². The number of primary amides is 1. The second-order valence-electron chi connectivity index (χ2n) is 5.75. The summed E-state index contributed by atoms with van der Waals surface area (Å²) in [6.45, 7) is -0.292. The van der Waals surface area contributed by atoms with Crippen LogP contribution in [0.3, 0.4) is 0 Å². The molecule has 3 N–H and O–H groups in total. The molecule has 8 heteroatoms. The number of fused-ring (bicyclic) bond motifs is 1. The van der Waals surface area contributed by atoms with Crippen LogP contribution in [-0.4, -0.2) is 41.4 Å². The molecule has 0 unspecified atom stereocenters. The summed E-state index contributed by atoms with van der Waals surface area (Å²) < 4.78 is 27.8. The van der Waals surface area contributed by atoms with Gasteiger partial charge in [-0.1, -0.05) is 0 Å². The van der Waals surface area contributed by atoms with Gasteiger partial charge in [-0.15, -0.1) is 0 Å². The van der Waals surface area contributed by atoms with Crippen LogP contribution in [0.25, 0.3) is 0 Å². The lowest BCUT2D eigenvalue weighted by Gasteiger charge is -2.23. The number of hydrogen-bond acceptors (Lipinski definition) is 3. The third-order valence-corrected chi connectivity index (χ3v) is 4.16. The number of likely N-dealkylation sites (tertiary alicyclic amines) is 1. The van der Waals surface area contributed by atoms with Gasteiger partial charge in [0.05, 0.1) is 12.1 Å². The molecule has 122 valence electrons. The number of halogens is 2. The number of nitrogens with two attached hydrogens (primary N) is 1. The predicted octanol–water partition coefficient (Wildman–Crippen LogP) is 0.748. The zero-order valence-electron chi connectivity index (χ0n) is 12.1. The number of alkyl halides is 1. The standard InChI is InChI=1S/C15H15F2N3O3/c16-8-4-12(14(18)22)20(6-8)15(23)9-3-7-1-2-13(21)19-11(7)5-10(9)17/h3,5,8,12H,1-2,4,6H2,(H2,18,22)(H,19,21)/t8-,12+/m1/s1. The quantitative estimate of drug-likeness (QED) is 0.841. The number of carbonyl (C=O) groups is 3. The Kier molecular flexibility index (Phi) is 3.75. The van der Waals surface area contributed by atoms with Crippen molar-refractivity contribution in [3.63, 3.8) is 0 Å². The highest BCUT2D eigenvalue weighted by atomic mass is 19.1. The Morgan fingerprint density at radius 1 is 1.30 bits per heavy atom. The first-order valence-electron chi connectivity index (χ1n) is 7.23. The molecular formula is C15H15F2N3O3. The molecule has 2 aliphatic rings. The molecule has 0 bridgehead atoms. The fourth-order valence-electron chi connectivity index (χ4n) is 3.00. The highest BCUT2D eigenvalue weighted by Gasteiger charge is 2.40. The van der Waals surface area contributed by atoms with Crippen molar-refractivity contribution in [3.05, 3.63) is 29.1 Å². The molecule has 0 saturated carbocycles. The Morgan fingerprint density at radius 3 is 2.74 bits per heavy atom. The van der Waals surface area contributed by atoms with Crippen LogP contribution in [0, 0.1) is 5.82 Å². The number of amides is 3. The van der Waals surface area contributed by atoms with Gasteiger partial charge in [-0.3, -0.25) is 14.4 Å². The van der Waals surface area contributed by atoms with Crippen molar-refractivity contribution >= 4 is 23.4 Å². The number of aryl methyl sites for hydroxylation is 1. The van der Waals surface area contributed by atoms with E-state index in [0.29, 0.717) is 17.7 Å². The summed E-state index contributed by atoms with van der Waals surface area (Å²) in [4.78, 5) is 36.2. The first-order chi connectivity index (χ1) is 10.9. The van der Waals surface area contributed by atoms with E-state index in [9.17, 15) is 23.2 Å². The van der Waals surface area contributed by atoms with E-state index in [1.165, 1.54) is 6.07 Å². The van der Waals surface area contributed by atoms with Gasteiger partial charge in [0.15, 0.2) is 0 Å². The maximum atomic E-state index is 14.2. The molecule has 23 heavy (non-hydrogen) atoms. The van der Waals surface area contributed by atoms with Crippen molar-refractivity contribution in [2.24, 2.45) is 5.73 Å². The molecule has 3 amide bonds. The van der Waals surface area contributed by atoms with Crippen LogP contribution < -0.4 is 11.1 Å². The van der Waals surface area contributed by atoms with Gasteiger partial charge in [-0.25, -0.2) is 8.78 Å². The molecule has 0 radical (unpaired) electrons. The van der Waals surface area contributed by atoms with E-state index in [4.69, 9.17) is 5.73 Å². The lowest BCUT2D eigenvalue weighted by molar-refractivity contribution is -0.121. The van der Waals surface area contributed by atoms with Crippen molar-refractivity contribution in [1.82, 2.24) is 4.90 Å². The summed E-state index contributed by atoms with van der Waals surface area (Å²) in [5, 5.41) is 2.53. The first-order valence-corrected chi connectivity index (χ1v) is 7.23. The summed E-state index contributed by atoms with van der Waals surface area (Å²) in [5.41, 5.74) is 5.89. The Morgan fingerprint density at radius 2 is 2.04 bits per heavy atom. The average Bonchev–Trinajstić information content (AvgIpc) is 2.88.